The first kappa shape index (κ1) is 8.05. The van der Waals surface area contributed by atoms with Crippen LogP contribution in [0.5, 0.6) is 0 Å². The average Bonchev–Trinajstić information content (AvgIpc) is 2.75. The lowest BCUT2D eigenvalue weighted by Gasteiger charge is -2.27. The van der Waals surface area contributed by atoms with E-state index in [1.165, 1.54) is 12.8 Å². The number of carboxylic acids is 1. The molecule has 1 N–H and O–H groups in total. The first-order chi connectivity index (χ1) is 5.73. The topological polar surface area (TPSA) is 49.8 Å². The van der Waals surface area contributed by atoms with Gasteiger partial charge in [0.15, 0.2) is 0 Å². The zero-order valence-electron chi connectivity index (χ0n) is 7.08. The quantitative estimate of drug-likeness (QED) is 0.637. The molecule has 1 aliphatic heterocycles. The van der Waals surface area contributed by atoms with Gasteiger partial charge in [0, 0.05) is 5.92 Å². The van der Waals surface area contributed by atoms with Gasteiger partial charge in [0.05, 0.1) is 18.6 Å². The van der Waals surface area contributed by atoms with Crippen LogP contribution in [0.25, 0.3) is 0 Å². The molecule has 0 aromatic carbocycles. The van der Waals surface area contributed by atoms with Crippen molar-refractivity contribution < 1.29 is 14.6 Å². The number of carbonyl (C=O) groups is 1. The Morgan fingerprint density at radius 2 is 2.33 bits per heavy atom. The molecule has 2 rings (SSSR count). The Balaban J connectivity index is 1.97. The van der Waals surface area contributed by atoms with E-state index in [0.717, 1.165) is 19.4 Å². The SMILES string of the molecule is O=C(O)C[C@H]1CCCCC12CO2. The van der Waals surface area contributed by atoms with E-state index in [-0.39, 0.29) is 11.5 Å². The molecule has 2 aliphatic rings. The molecule has 0 amide bonds. The van der Waals surface area contributed by atoms with E-state index in [1.54, 1.807) is 0 Å². The summed E-state index contributed by atoms with van der Waals surface area (Å²) >= 11 is 0. The maximum Gasteiger partial charge on any atom is 0.303 e. The van der Waals surface area contributed by atoms with Gasteiger partial charge in [0.2, 0.25) is 0 Å². The Bertz CT molecular complexity index is 196. The van der Waals surface area contributed by atoms with Crippen LogP contribution >= 0.6 is 0 Å². The summed E-state index contributed by atoms with van der Waals surface area (Å²) in [5.74, 6) is -0.402. The minimum atomic E-state index is -0.684. The van der Waals surface area contributed by atoms with Crippen molar-refractivity contribution in [2.24, 2.45) is 5.92 Å². The Kier molecular flexibility index (Phi) is 1.83. The normalized spacial score (nSPS) is 39.8. The molecule has 1 spiro atoms. The van der Waals surface area contributed by atoms with E-state index in [2.05, 4.69) is 0 Å². The van der Waals surface area contributed by atoms with Crippen LogP contribution in [0.1, 0.15) is 32.1 Å². The van der Waals surface area contributed by atoms with Gasteiger partial charge in [-0.3, -0.25) is 4.79 Å². The van der Waals surface area contributed by atoms with Crippen molar-refractivity contribution in [1.29, 1.82) is 0 Å². The number of hydrogen-bond acceptors (Lipinski definition) is 2. The maximum absolute atomic E-state index is 10.5. The van der Waals surface area contributed by atoms with E-state index < -0.39 is 5.97 Å². The van der Waals surface area contributed by atoms with E-state index in [0.29, 0.717) is 6.42 Å². The Morgan fingerprint density at radius 3 is 2.92 bits per heavy atom. The van der Waals surface area contributed by atoms with Crippen LogP contribution in [0.15, 0.2) is 0 Å². The highest BCUT2D eigenvalue weighted by Gasteiger charge is 2.52. The predicted octanol–water partition coefficient (Wildman–Crippen LogP) is 1.42. The van der Waals surface area contributed by atoms with Crippen LogP contribution < -0.4 is 0 Å². The molecule has 0 aromatic rings. The summed E-state index contributed by atoms with van der Waals surface area (Å²) in [7, 11) is 0. The minimum Gasteiger partial charge on any atom is -0.481 e. The van der Waals surface area contributed by atoms with Gasteiger partial charge in [-0.05, 0) is 12.8 Å². The Labute approximate surface area is 71.7 Å². The standard InChI is InChI=1S/C9H14O3/c10-8(11)5-7-3-1-2-4-9(7)6-12-9/h7H,1-6H2,(H,10,11)/t7-,9?/m1/s1. The second kappa shape index (κ2) is 2.73. The smallest absolute Gasteiger partial charge is 0.303 e. The van der Waals surface area contributed by atoms with E-state index in [1.807, 2.05) is 0 Å². The zero-order valence-corrected chi connectivity index (χ0v) is 7.08. The molecular formula is C9H14O3. The fourth-order valence-corrected chi connectivity index (χ4v) is 2.25. The largest absolute Gasteiger partial charge is 0.481 e. The molecule has 0 aromatic heterocycles. The van der Waals surface area contributed by atoms with Gasteiger partial charge in [-0.25, -0.2) is 0 Å². The summed E-state index contributed by atoms with van der Waals surface area (Å²) in [5.41, 5.74) is -0.00333. The lowest BCUT2D eigenvalue weighted by atomic mass is 9.77. The summed E-state index contributed by atoms with van der Waals surface area (Å²) in [6.45, 7) is 0.797. The van der Waals surface area contributed by atoms with Crippen molar-refractivity contribution in [3.05, 3.63) is 0 Å². The van der Waals surface area contributed by atoms with Crippen molar-refractivity contribution in [2.75, 3.05) is 6.61 Å². The van der Waals surface area contributed by atoms with Crippen LogP contribution in [0.2, 0.25) is 0 Å². The molecule has 3 nitrogen and oxygen atoms in total. The first-order valence-corrected chi connectivity index (χ1v) is 4.59. The van der Waals surface area contributed by atoms with Crippen LogP contribution in [-0.4, -0.2) is 23.3 Å². The predicted molar refractivity (Wildman–Crippen MR) is 42.9 cm³/mol. The summed E-state index contributed by atoms with van der Waals surface area (Å²) in [6, 6.07) is 0. The fourth-order valence-electron chi connectivity index (χ4n) is 2.25. The highest BCUT2D eigenvalue weighted by atomic mass is 16.6. The molecular weight excluding hydrogens is 156 g/mol. The van der Waals surface area contributed by atoms with E-state index in [4.69, 9.17) is 9.84 Å². The van der Waals surface area contributed by atoms with Crippen LogP contribution in [0.3, 0.4) is 0 Å². The van der Waals surface area contributed by atoms with Gasteiger partial charge in [0.25, 0.3) is 0 Å². The molecule has 68 valence electrons. The molecule has 1 unspecified atom stereocenters. The maximum atomic E-state index is 10.5. The molecule has 0 bridgehead atoms. The summed E-state index contributed by atoms with van der Waals surface area (Å²) < 4.78 is 5.39. The molecule has 2 atom stereocenters. The van der Waals surface area contributed by atoms with Crippen molar-refractivity contribution >= 4 is 5.97 Å². The van der Waals surface area contributed by atoms with Crippen molar-refractivity contribution in [1.82, 2.24) is 0 Å². The lowest BCUT2D eigenvalue weighted by Crippen LogP contribution is -2.30. The summed E-state index contributed by atoms with van der Waals surface area (Å²) in [4.78, 5) is 10.5. The van der Waals surface area contributed by atoms with Gasteiger partial charge in [0.1, 0.15) is 0 Å². The zero-order chi connectivity index (χ0) is 8.60. The first-order valence-electron chi connectivity index (χ1n) is 4.59. The molecule has 12 heavy (non-hydrogen) atoms. The number of carboxylic acid groups (broad SMARTS) is 1. The lowest BCUT2D eigenvalue weighted by molar-refractivity contribution is -0.139. The van der Waals surface area contributed by atoms with Gasteiger partial charge in [-0.1, -0.05) is 12.8 Å². The number of hydrogen-bond donors (Lipinski definition) is 1. The molecule has 0 radical (unpaired) electrons. The van der Waals surface area contributed by atoms with Gasteiger partial charge < -0.3 is 9.84 Å². The van der Waals surface area contributed by atoms with Gasteiger partial charge >= 0.3 is 5.97 Å². The van der Waals surface area contributed by atoms with Crippen LogP contribution in [0.4, 0.5) is 0 Å². The fraction of sp³-hybridized carbons (Fsp3) is 0.889. The number of rotatable bonds is 2. The number of epoxide rings is 1. The van der Waals surface area contributed by atoms with Crippen molar-refractivity contribution in [3.63, 3.8) is 0 Å². The van der Waals surface area contributed by atoms with Crippen LogP contribution in [0, 0.1) is 5.92 Å². The highest BCUT2D eigenvalue weighted by molar-refractivity contribution is 5.67. The molecule has 1 aliphatic carbocycles. The molecule has 1 saturated heterocycles. The monoisotopic (exact) mass is 170 g/mol. The molecule has 2 fully saturated rings. The second-order valence-corrected chi connectivity index (χ2v) is 3.89. The second-order valence-electron chi connectivity index (χ2n) is 3.89. The highest BCUT2D eigenvalue weighted by Crippen LogP contribution is 2.47. The third kappa shape index (κ3) is 1.33. The van der Waals surface area contributed by atoms with Crippen molar-refractivity contribution in [3.8, 4) is 0 Å². The minimum absolute atomic E-state index is 0.00333. The Morgan fingerprint density at radius 1 is 1.58 bits per heavy atom. The third-order valence-corrected chi connectivity index (χ3v) is 3.08. The van der Waals surface area contributed by atoms with E-state index in [9.17, 15) is 4.79 Å². The molecule has 1 saturated carbocycles. The summed E-state index contributed by atoms with van der Waals surface area (Å²) in [5, 5.41) is 8.67. The number of ether oxygens (including phenoxy) is 1. The summed E-state index contributed by atoms with van der Waals surface area (Å²) in [6.07, 6.45) is 4.77. The number of aliphatic carboxylic acids is 1. The Hall–Kier alpha value is -0.570. The van der Waals surface area contributed by atoms with Gasteiger partial charge in [-0.15, -0.1) is 0 Å². The van der Waals surface area contributed by atoms with Gasteiger partial charge in [-0.2, -0.15) is 0 Å². The van der Waals surface area contributed by atoms with Crippen LogP contribution in [-0.2, 0) is 9.53 Å². The van der Waals surface area contributed by atoms with Crippen molar-refractivity contribution in [2.45, 2.75) is 37.7 Å². The average molecular weight is 170 g/mol. The third-order valence-electron chi connectivity index (χ3n) is 3.08. The molecule has 1 heterocycles. The van der Waals surface area contributed by atoms with E-state index >= 15 is 0 Å². The molecule has 3 heteroatoms.